The highest BCUT2D eigenvalue weighted by Crippen LogP contribution is 2.17. The second-order valence-corrected chi connectivity index (χ2v) is 2.94. The molecular weight excluding hydrogens is 198 g/mol. The molecule has 0 fully saturated rings. The van der Waals surface area contributed by atoms with E-state index in [0.29, 0.717) is 5.82 Å². The maximum atomic E-state index is 5.45. The van der Waals surface area contributed by atoms with Gasteiger partial charge >= 0.3 is 0 Å². The summed E-state index contributed by atoms with van der Waals surface area (Å²) in [4.78, 5) is 10.5. The standard InChI is InChI=1S/C10H8ClN3/c11-14-10-6-9(12-7-13-10)8-4-2-1-3-5-8/h1-7H,(H,12,13,14). The van der Waals surface area contributed by atoms with Crippen LogP contribution in [0.15, 0.2) is 42.7 Å². The Hall–Kier alpha value is -1.61. The zero-order chi connectivity index (χ0) is 9.80. The number of rotatable bonds is 2. The van der Waals surface area contributed by atoms with Crippen LogP contribution in [0.2, 0.25) is 0 Å². The predicted octanol–water partition coefficient (Wildman–Crippen LogP) is 2.71. The van der Waals surface area contributed by atoms with Crippen LogP contribution in [0.5, 0.6) is 0 Å². The van der Waals surface area contributed by atoms with Gasteiger partial charge in [-0.1, -0.05) is 30.3 Å². The lowest BCUT2D eigenvalue weighted by Crippen LogP contribution is -1.89. The van der Waals surface area contributed by atoms with Crippen molar-refractivity contribution in [2.75, 3.05) is 4.84 Å². The van der Waals surface area contributed by atoms with Crippen LogP contribution in [0.3, 0.4) is 0 Å². The highest BCUT2D eigenvalue weighted by atomic mass is 35.5. The third-order valence-electron chi connectivity index (χ3n) is 1.83. The molecule has 3 nitrogen and oxygen atoms in total. The fourth-order valence-corrected chi connectivity index (χ4v) is 1.28. The van der Waals surface area contributed by atoms with Crippen molar-refractivity contribution < 1.29 is 0 Å². The first-order valence-electron chi connectivity index (χ1n) is 4.14. The number of aromatic nitrogens is 2. The topological polar surface area (TPSA) is 37.8 Å². The van der Waals surface area contributed by atoms with Crippen LogP contribution in [-0.4, -0.2) is 9.97 Å². The lowest BCUT2D eigenvalue weighted by molar-refractivity contribution is 1.18. The Kier molecular flexibility index (Phi) is 2.60. The van der Waals surface area contributed by atoms with Crippen molar-refractivity contribution in [2.45, 2.75) is 0 Å². The molecule has 0 bridgehead atoms. The maximum absolute atomic E-state index is 5.45. The average Bonchev–Trinajstić information content (AvgIpc) is 2.30. The Bertz CT molecular complexity index is 417. The lowest BCUT2D eigenvalue weighted by atomic mass is 10.1. The summed E-state index contributed by atoms with van der Waals surface area (Å²) in [6.45, 7) is 0. The van der Waals surface area contributed by atoms with Crippen molar-refractivity contribution in [3.63, 3.8) is 0 Å². The number of hydrogen-bond acceptors (Lipinski definition) is 3. The van der Waals surface area contributed by atoms with Gasteiger partial charge in [0.05, 0.1) is 5.69 Å². The summed E-state index contributed by atoms with van der Waals surface area (Å²) in [6.07, 6.45) is 1.48. The first-order chi connectivity index (χ1) is 6.90. The first kappa shape index (κ1) is 8.97. The Morgan fingerprint density at radius 3 is 2.57 bits per heavy atom. The zero-order valence-corrected chi connectivity index (χ0v) is 8.07. The Balaban J connectivity index is 2.42. The van der Waals surface area contributed by atoms with Gasteiger partial charge in [-0.25, -0.2) is 9.97 Å². The number of halogens is 1. The fraction of sp³-hybridized carbons (Fsp3) is 0. The molecule has 2 rings (SSSR count). The third kappa shape index (κ3) is 1.83. The van der Waals surface area contributed by atoms with Gasteiger partial charge in [-0.2, -0.15) is 0 Å². The highest BCUT2D eigenvalue weighted by Gasteiger charge is 1.99. The number of benzene rings is 1. The summed E-state index contributed by atoms with van der Waals surface area (Å²) in [5.41, 5.74) is 1.90. The van der Waals surface area contributed by atoms with Crippen molar-refractivity contribution in [1.82, 2.24) is 9.97 Å². The molecule has 0 unspecified atom stereocenters. The van der Waals surface area contributed by atoms with Crippen LogP contribution in [0.25, 0.3) is 11.3 Å². The fourth-order valence-electron chi connectivity index (χ4n) is 1.18. The van der Waals surface area contributed by atoms with Crippen LogP contribution >= 0.6 is 11.8 Å². The van der Waals surface area contributed by atoms with E-state index in [-0.39, 0.29) is 0 Å². The smallest absolute Gasteiger partial charge is 0.144 e. The van der Waals surface area contributed by atoms with Gasteiger partial charge in [0.1, 0.15) is 12.1 Å². The SMILES string of the molecule is ClNc1cc(-c2ccccc2)ncn1. The van der Waals surface area contributed by atoms with E-state index in [1.54, 1.807) is 6.07 Å². The summed E-state index contributed by atoms with van der Waals surface area (Å²) >= 11 is 5.45. The van der Waals surface area contributed by atoms with E-state index in [0.717, 1.165) is 11.3 Å². The van der Waals surface area contributed by atoms with Gasteiger partial charge in [0, 0.05) is 23.4 Å². The van der Waals surface area contributed by atoms with Gasteiger partial charge in [0.25, 0.3) is 0 Å². The van der Waals surface area contributed by atoms with Crippen LogP contribution in [0.4, 0.5) is 5.82 Å². The Morgan fingerprint density at radius 2 is 1.86 bits per heavy atom. The molecule has 0 aliphatic carbocycles. The molecule has 0 aliphatic heterocycles. The minimum atomic E-state index is 0.598. The van der Waals surface area contributed by atoms with Crippen LogP contribution in [-0.2, 0) is 0 Å². The van der Waals surface area contributed by atoms with E-state index in [1.807, 2.05) is 30.3 Å². The molecule has 0 atom stereocenters. The minimum Gasteiger partial charge on any atom is -0.282 e. The molecule has 4 heteroatoms. The third-order valence-corrected chi connectivity index (χ3v) is 2.03. The summed E-state index contributed by atoms with van der Waals surface area (Å²) in [6, 6.07) is 11.7. The largest absolute Gasteiger partial charge is 0.282 e. The normalized spacial score (nSPS) is 9.79. The highest BCUT2D eigenvalue weighted by molar-refractivity contribution is 6.23. The summed E-state index contributed by atoms with van der Waals surface area (Å²) in [5, 5.41) is 0. The van der Waals surface area contributed by atoms with E-state index >= 15 is 0 Å². The molecule has 14 heavy (non-hydrogen) atoms. The van der Waals surface area contributed by atoms with Crippen molar-refractivity contribution in [2.24, 2.45) is 0 Å². The summed E-state index contributed by atoms with van der Waals surface area (Å²) < 4.78 is 0. The van der Waals surface area contributed by atoms with Gasteiger partial charge < -0.3 is 0 Å². The average molecular weight is 206 g/mol. The van der Waals surface area contributed by atoms with E-state index in [2.05, 4.69) is 14.8 Å². The van der Waals surface area contributed by atoms with E-state index in [9.17, 15) is 0 Å². The molecule has 1 aromatic heterocycles. The van der Waals surface area contributed by atoms with Gasteiger partial charge in [-0.3, -0.25) is 4.84 Å². The van der Waals surface area contributed by atoms with Gasteiger partial charge in [-0.05, 0) is 0 Å². The molecular formula is C10H8ClN3. The molecule has 0 saturated heterocycles. The molecule has 1 aromatic carbocycles. The predicted molar refractivity (Wildman–Crippen MR) is 56.9 cm³/mol. The molecule has 0 aliphatic rings. The molecule has 0 saturated carbocycles. The molecule has 1 heterocycles. The number of nitrogens with one attached hydrogen (secondary N) is 1. The first-order valence-corrected chi connectivity index (χ1v) is 4.52. The zero-order valence-electron chi connectivity index (χ0n) is 7.31. The molecule has 1 N–H and O–H groups in total. The van der Waals surface area contributed by atoms with Crippen molar-refractivity contribution >= 4 is 17.6 Å². The molecule has 0 radical (unpaired) electrons. The van der Waals surface area contributed by atoms with Gasteiger partial charge in [0.2, 0.25) is 0 Å². The van der Waals surface area contributed by atoms with Gasteiger partial charge in [0.15, 0.2) is 0 Å². The quantitative estimate of drug-likeness (QED) is 0.767. The molecule has 2 aromatic rings. The van der Waals surface area contributed by atoms with Crippen molar-refractivity contribution in [1.29, 1.82) is 0 Å². The number of nitrogens with zero attached hydrogens (tertiary/aromatic N) is 2. The summed E-state index contributed by atoms with van der Waals surface area (Å²) in [7, 11) is 0. The maximum Gasteiger partial charge on any atom is 0.144 e. The number of hydrogen-bond donors (Lipinski definition) is 1. The lowest BCUT2D eigenvalue weighted by Gasteiger charge is -2.01. The van der Waals surface area contributed by atoms with Gasteiger partial charge in [-0.15, -0.1) is 0 Å². The number of anilines is 1. The minimum absolute atomic E-state index is 0.598. The van der Waals surface area contributed by atoms with E-state index in [1.165, 1.54) is 6.33 Å². The summed E-state index contributed by atoms with van der Waals surface area (Å²) in [5.74, 6) is 0.598. The van der Waals surface area contributed by atoms with Crippen molar-refractivity contribution in [3.8, 4) is 11.3 Å². The second kappa shape index (κ2) is 4.07. The Labute approximate surface area is 86.9 Å². The molecule has 0 amide bonds. The molecule has 0 spiro atoms. The van der Waals surface area contributed by atoms with Crippen molar-refractivity contribution in [3.05, 3.63) is 42.7 Å². The van der Waals surface area contributed by atoms with Crippen LogP contribution < -0.4 is 4.84 Å². The van der Waals surface area contributed by atoms with E-state index < -0.39 is 0 Å². The van der Waals surface area contributed by atoms with E-state index in [4.69, 9.17) is 11.8 Å². The van der Waals surface area contributed by atoms with Crippen LogP contribution in [0, 0.1) is 0 Å². The molecule has 70 valence electrons. The monoisotopic (exact) mass is 205 g/mol. The second-order valence-electron chi connectivity index (χ2n) is 2.75. The van der Waals surface area contributed by atoms with Crippen LogP contribution in [0.1, 0.15) is 0 Å². The Morgan fingerprint density at radius 1 is 1.07 bits per heavy atom.